The molecule has 0 bridgehead atoms. The molecule has 12 heavy (non-hydrogen) atoms. The maximum Gasteiger partial charge on any atom is 0.0636 e. The van der Waals surface area contributed by atoms with Crippen LogP contribution in [0.1, 0.15) is 33.6 Å². The zero-order chi connectivity index (χ0) is 9.35. The van der Waals surface area contributed by atoms with Crippen LogP contribution in [0.2, 0.25) is 0 Å². The molecule has 4 unspecified atom stereocenters. The van der Waals surface area contributed by atoms with Crippen LogP contribution in [0.4, 0.5) is 0 Å². The number of hydrogen-bond donors (Lipinski definition) is 2. The van der Waals surface area contributed by atoms with E-state index in [0.29, 0.717) is 18.4 Å². The molecular formula is C10H21NO. The Hall–Kier alpha value is -0.0800. The van der Waals surface area contributed by atoms with Crippen LogP contribution in [0.5, 0.6) is 0 Å². The van der Waals surface area contributed by atoms with Gasteiger partial charge in [-0.25, -0.2) is 0 Å². The van der Waals surface area contributed by atoms with Gasteiger partial charge in [0.25, 0.3) is 0 Å². The largest absolute Gasteiger partial charge is 0.392 e. The van der Waals surface area contributed by atoms with E-state index in [9.17, 15) is 5.11 Å². The molecule has 1 aliphatic carbocycles. The van der Waals surface area contributed by atoms with Gasteiger partial charge in [0.1, 0.15) is 0 Å². The molecule has 3 N–H and O–H groups in total. The van der Waals surface area contributed by atoms with Crippen molar-refractivity contribution in [2.45, 2.75) is 39.7 Å². The summed E-state index contributed by atoms with van der Waals surface area (Å²) in [6, 6.07) is 0. The van der Waals surface area contributed by atoms with E-state index in [2.05, 4.69) is 20.8 Å². The SMILES string of the molecule is CCC(C)(CN)C(O)C1CC1C. The van der Waals surface area contributed by atoms with E-state index < -0.39 is 0 Å². The Kier molecular flexibility index (Phi) is 2.79. The van der Waals surface area contributed by atoms with Crippen molar-refractivity contribution in [2.75, 3.05) is 6.54 Å². The molecule has 0 spiro atoms. The first-order valence-corrected chi connectivity index (χ1v) is 4.93. The van der Waals surface area contributed by atoms with E-state index >= 15 is 0 Å². The Balaban J connectivity index is 2.53. The lowest BCUT2D eigenvalue weighted by Crippen LogP contribution is -2.40. The topological polar surface area (TPSA) is 46.2 Å². The van der Waals surface area contributed by atoms with Crippen molar-refractivity contribution in [1.29, 1.82) is 0 Å². The van der Waals surface area contributed by atoms with Crippen molar-refractivity contribution < 1.29 is 5.11 Å². The molecule has 1 aliphatic rings. The van der Waals surface area contributed by atoms with Gasteiger partial charge in [0.05, 0.1) is 6.10 Å². The molecule has 4 atom stereocenters. The average Bonchev–Trinajstić information content (AvgIpc) is 2.80. The van der Waals surface area contributed by atoms with Crippen LogP contribution in [0.15, 0.2) is 0 Å². The molecule has 0 amide bonds. The van der Waals surface area contributed by atoms with Gasteiger partial charge in [0.2, 0.25) is 0 Å². The smallest absolute Gasteiger partial charge is 0.0636 e. The second-order valence-electron chi connectivity index (χ2n) is 4.53. The number of aliphatic hydroxyl groups excluding tert-OH is 1. The van der Waals surface area contributed by atoms with Gasteiger partial charge in [-0.05, 0) is 24.7 Å². The number of rotatable bonds is 4. The van der Waals surface area contributed by atoms with Gasteiger partial charge in [-0.1, -0.05) is 20.8 Å². The van der Waals surface area contributed by atoms with Crippen LogP contribution in [0.3, 0.4) is 0 Å². The lowest BCUT2D eigenvalue weighted by molar-refractivity contribution is 0.0192. The summed E-state index contributed by atoms with van der Waals surface area (Å²) < 4.78 is 0. The molecule has 0 aromatic heterocycles. The maximum absolute atomic E-state index is 10.00. The summed E-state index contributed by atoms with van der Waals surface area (Å²) >= 11 is 0. The fourth-order valence-electron chi connectivity index (χ4n) is 1.78. The lowest BCUT2D eigenvalue weighted by atomic mass is 9.79. The summed E-state index contributed by atoms with van der Waals surface area (Å²) in [7, 11) is 0. The second kappa shape index (κ2) is 3.35. The molecule has 1 saturated carbocycles. The summed E-state index contributed by atoms with van der Waals surface area (Å²) in [5.41, 5.74) is 5.61. The predicted molar refractivity (Wildman–Crippen MR) is 50.7 cm³/mol. The van der Waals surface area contributed by atoms with Crippen molar-refractivity contribution in [1.82, 2.24) is 0 Å². The van der Waals surface area contributed by atoms with Crippen molar-refractivity contribution in [2.24, 2.45) is 23.0 Å². The molecule has 0 aromatic carbocycles. The molecule has 0 radical (unpaired) electrons. The standard InChI is InChI=1S/C10H21NO/c1-4-10(3,6-11)9(12)8-5-7(8)2/h7-9,12H,4-6,11H2,1-3H3. The lowest BCUT2D eigenvalue weighted by Gasteiger charge is -2.32. The van der Waals surface area contributed by atoms with Gasteiger partial charge in [0, 0.05) is 12.0 Å². The first-order chi connectivity index (χ1) is 5.55. The molecule has 1 fully saturated rings. The molecule has 2 heteroatoms. The van der Waals surface area contributed by atoms with Gasteiger partial charge >= 0.3 is 0 Å². The molecule has 0 aliphatic heterocycles. The van der Waals surface area contributed by atoms with Gasteiger partial charge < -0.3 is 10.8 Å². The highest BCUT2D eigenvalue weighted by atomic mass is 16.3. The Morgan fingerprint density at radius 2 is 2.17 bits per heavy atom. The summed E-state index contributed by atoms with van der Waals surface area (Å²) in [5.74, 6) is 1.22. The average molecular weight is 171 g/mol. The van der Waals surface area contributed by atoms with Crippen molar-refractivity contribution in [3.63, 3.8) is 0 Å². The Labute approximate surface area is 75.2 Å². The molecule has 2 nitrogen and oxygen atoms in total. The van der Waals surface area contributed by atoms with Crippen LogP contribution < -0.4 is 5.73 Å². The van der Waals surface area contributed by atoms with E-state index in [1.807, 2.05) is 0 Å². The third-order valence-corrected chi connectivity index (χ3v) is 3.57. The predicted octanol–water partition coefficient (Wildman–Crippen LogP) is 1.38. The molecule has 1 rings (SSSR count). The van der Waals surface area contributed by atoms with Crippen LogP contribution in [-0.2, 0) is 0 Å². The summed E-state index contributed by atoms with van der Waals surface area (Å²) in [4.78, 5) is 0. The molecule has 0 saturated heterocycles. The molecule has 0 aromatic rings. The van der Waals surface area contributed by atoms with Crippen molar-refractivity contribution in [3.8, 4) is 0 Å². The van der Waals surface area contributed by atoms with Crippen molar-refractivity contribution in [3.05, 3.63) is 0 Å². The zero-order valence-electron chi connectivity index (χ0n) is 8.38. The third-order valence-electron chi connectivity index (χ3n) is 3.57. The van der Waals surface area contributed by atoms with Crippen molar-refractivity contribution >= 4 is 0 Å². The zero-order valence-corrected chi connectivity index (χ0v) is 8.38. The van der Waals surface area contributed by atoms with E-state index in [1.54, 1.807) is 0 Å². The Bertz CT molecular complexity index is 154. The minimum atomic E-state index is -0.192. The van der Waals surface area contributed by atoms with Crippen LogP contribution in [0, 0.1) is 17.3 Å². The Morgan fingerprint density at radius 1 is 1.67 bits per heavy atom. The van der Waals surface area contributed by atoms with Gasteiger partial charge in [-0.2, -0.15) is 0 Å². The monoisotopic (exact) mass is 171 g/mol. The summed E-state index contributed by atoms with van der Waals surface area (Å²) in [6.07, 6.45) is 1.95. The van der Waals surface area contributed by atoms with Gasteiger partial charge in [0.15, 0.2) is 0 Å². The minimum Gasteiger partial charge on any atom is -0.392 e. The molecule has 72 valence electrons. The fourth-order valence-corrected chi connectivity index (χ4v) is 1.78. The number of hydrogen-bond acceptors (Lipinski definition) is 2. The van der Waals surface area contributed by atoms with Gasteiger partial charge in [-0.15, -0.1) is 0 Å². The number of nitrogens with two attached hydrogens (primary N) is 1. The normalized spacial score (nSPS) is 35.8. The van der Waals surface area contributed by atoms with E-state index in [4.69, 9.17) is 5.73 Å². The third kappa shape index (κ3) is 1.64. The van der Waals surface area contributed by atoms with Crippen LogP contribution >= 0.6 is 0 Å². The summed E-state index contributed by atoms with van der Waals surface area (Å²) in [6.45, 7) is 6.97. The first kappa shape index (κ1) is 10.0. The van der Waals surface area contributed by atoms with Crippen LogP contribution in [0.25, 0.3) is 0 Å². The summed E-state index contributed by atoms with van der Waals surface area (Å²) in [5, 5.41) is 10.00. The van der Waals surface area contributed by atoms with E-state index in [0.717, 1.165) is 6.42 Å². The van der Waals surface area contributed by atoms with E-state index in [-0.39, 0.29) is 11.5 Å². The second-order valence-corrected chi connectivity index (χ2v) is 4.53. The highest BCUT2D eigenvalue weighted by molar-refractivity contribution is 4.96. The number of aliphatic hydroxyl groups is 1. The highest BCUT2D eigenvalue weighted by Crippen LogP contribution is 2.46. The van der Waals surface area contributed by atoms with E-state index in [1.165, 1.54) is 6.42 Å². The maximum atomic E-state index is 10.00. The Morgan fingerprint density at radius 3 is 2.42 bits per heavy atom. The van der Waals surface area contributed by atoms with Crippen LogP contribution in [-0.4, -0.2) is 17.8 Å². The molecular weight excluding hydrogens is 150 g/mol. The first-order valence-electron chi connectivity index (χ1n) is 4.93. The minimum absolute atomic E-state index is 0.0601. The molecule has 0 heterocycles. The quantitative estimate of drug-likeness (QED) is 0.671. The van der Waals surface area contributed by atoms with Gasteiger partial charge in [-0.3, -0.25) is 0 Å². The fraction of sp³-hybridized carbons (Fsp3) is 1.00. The highest BCUT2D eigenvalue weighted by Gasteiger charge is 2.45.